The van der Waals surface area contributed by atoms with Crippen LogP contribution in [0.3, 0.4) is 0 Å². The van der Waals surface area contributed by atoms with Crippen LogP contribution in [-0.2, 0) is 0 Å². The molecule has 1 fully saturated rings. The van der Waals surface area contributed by atoms with E-state index in [4.69, 9.17) is 0 Å². The van der Waals surface area contributed by atoms with Crippen LogP contribution in [0.4, 0.5) is 4.39 Å². The summed E-state index contributed by atoms with van der Waals surface area (Å²) in [6, 6.07) is 16.6. The van der Waals surface area contributed by atoms with Gasteiger partial charge in [0.1, 0.15) is 5.82 Å². The SMILES string of the molecule is CC(NC1CC1c1ccccc1)c1ccc(F)c(Br)c1. The molecule has 20 heavy (non-hydrogen) atoms. The molecule has 1 N–H and O–H groups in total. The predicted molar refractivity (Wildman–Crippen MR) is 83.2 cm³/mol. The van der Waals surface area contributed by atoms with Crippen molar-refractivity contribution in [2.24, 2.45) is 0 Å². The zero-order chi connectivity index (χ0) is 14.1. The molecule has 0 aromatic heterocycles. The molecule has 0 heterocycles. The quantitative estimate of drug-likeness (QED) is 0.847. The third kappa shape index (κ3) is 2.94. The average Bonchev–Trinajstić information content (AvgIpc) is 3.22. The Morgan fingerprint density at radius 3 is 2.65 bits per heavy atom. The monoisotopic (exact) mass is 333 g/mol. The summed E-state index contributed by atoms with van der Waals surface area (Å²) >= 11 is 3.24. The van der Waals surface area contributed by atoms with Crippen molar-refractivity contribution in [1.82, 2.24) is 5.32 Å². The van der Waals surface area contributed by atoms with Crippen LogP contribution >= 0.6 is 15.9 Å². The molecule has 1 saturated carbocycles. The van der Waals surface area contributed by atoms with Gasteiger partial charge in [-0.2, -0.15) is 0 Å². The molecule has 0 amide bonds. The van der Waals surface area contributed by atoms with E-state index in [2.05, 4.69) is 52.4 Å². The Labute approximate surface area is 127 Å². The first-order valence-corrected chi connectivity index (χ1v) is 7.70. The summed E-state index contributed by atoms with van der Waals surface area (Å²) in [6.07, 6.45) is 1.18. The van der Waals surface area contributed by atoms with Crippen molar-refractivity contribution in [2.45, 2.75) is 31.3 Å². The molecule has 0 bridgehead atoms. The number of nitrogens with one attached hydrogen (secondary N) is 1. The maximum atomic E-state index is 13.3. The van der Waals surface area contributed by atoms with Crippen LogP contribution in [0.25, 0.3) is 0 Å². The Kier molecular flexibility index (Phi) is 3.90. The molecule has 3 atom stereocenters. The predicted octanol–water partition coefficient (Wildman–Crippen LogP) is 4.79. The molecule has 2 aromatic rings. The van der Waals surface area contributed by atoms with Gasteiger partial charge in [0.15, 0.2) is 0 Å². The largest absolute Gasteiger partial charge is 0.307 e. The van der Waals surface area contributed by atoms with Crippen LogP contribution in [0.15, 0.2) is 53.0 Å². The minimum atomic E-state index is -0.213. The molecule has 3 unspecified atom stereocenters. The maximum Gasteiger partial charge on any atom is 0.137 e. The van der Waals surface area contributed by atoms with Crippen LogP contribution in [0.2, 0.25) is 0 Å². The lowest BCUT2D eigenvalue weighted by Crippen LogP contribution is -2.22. The van der Waals surface area contributed by atoms with Crippen LogP contribution in [0.5, 0.6) is 0 Å². The van der Waals surface area contributed by atoms with Crippen LogP contribution in [-0.4, -0.2) is 6.04 Å². The number of rotatable bonds is 4. The van der Waals surface area contributed by atoms with Crippen molar-refractivity contribution in [3.05, 3.63) is 69.9 Å². The van der Waals surface area contributed by atoms with Crippen molar-refractivity contribution in [2.75, 3.05) is 0 Å². The van der Waals surface area contributed by atoms with Crippen molar-refractivity contribution < 1.29 is 4.39 Å². The minimum Gasteiger partial charge on any atom is -0.307 e. The molecular formula is C17H17BrFN. The number of hydrogen-bond acceptors (Lipinski definition) is 1. The van der Waals surface area contributed by atoms with E-state index in [0.717, 1.165) is 5.56 Å². The van der Waals surface area contributed by atoms with E-state index >= 15 is 0 Å². The van der Waals surface area contributed by atoms with Crippen molar-refractivity contribution in [3.63, 3.8) is 0 Å². The topological polar surface area (TPSA) is 12.0 Å². The van der Waals surface area contributed by atoms with Gasteiger partial charge in [-0.3, -0.25) is 0 Å². The van der Waals surface area contributed by atoms with Gasteiger partial charge in [-0.15, -0.1) is 0 Å². The first-order chi connectivity index (χ1) is 9.65. The van der Waals surface area contributed by atoms with E-state index in [-0.39, 0.29) is 11.9 Å². The van der Waals surface area contributed by atoms with Gasteiger partial charge in [0.2, 0.25) is 0 Å². The fourth-order valence-electron chi connectivity index (χ4n) is 2.65. The Morgan fingerprint density at radius 1 is 1.20 bits per heavy atom. The van der Waals surface area contributed by atoms with Gasteiger partial charge in [0, 0.05) is 18.0 Å². The highest BCUT2D eigenvalue weighted by Crippen LogP contribution is 2.42. The van der Waals surface area contributed by atoms with E-state index in [9.17, 15) is 4.39 Å². The van der Waals surface area contributed by atoms with E-state index in [1.807, 2.05) is 18.2 Å². The lowest BCUT2D eigenvalue weighted by molar-refractivity contribution is 0.559. The highest BCUT2D eigenvalue weighted by atomic mass is 79.9. The van der Waals surface area contributed by atoms with Crippen molar-refractivity contribution in [3.8, 4) is 0 Å². The Morgan fingerprint density at radius 2 is 1.95 bits per heavy atom. The van der Waals surface area contributed by atoms with E-state index in [1.54, 1.807) is 0 Å². The summed E-state index contributed by atoms with van der Waals surface area (Å²) in [5, 5.41) is 3.62. The van der Waals surface area contributed by atoms with E-state index < -0.39 is 0 Å². The molecule has 1 nitrogen and oxygen atoms in total. The summed E-state index contributed by atoms with van der Waals surface area (Å²) < 4.78 is 13.8. The molecule has 0 spiro atoms. The Hall–Kier alpha value is -1.19. The van der Waals surface area contributed by atoms with Gasteiger partial charge in [-0.25, -0.2) is 4.39 Å². The van der Waals surface area contributed by atoms with Gasteiger partial charge < -0.3 is 5.32 Å². The summed E-state index contributed by atoms with van der Waals surface area (Å²) in [5.41, 5.74) is 2.51. The smallest absolute Gasteiger partial charge is 0.137 e. The van der Waals surface area contributed by atoms with Gasteiger partial charge >= 0.3 is 0 Å². The zero-order valence-electron chi connectivity index (χ0n) is 11.3. The molecule has 0 radical (unpaired) electrons. The molecule has 0 saturated heterocycles. The maximum absolute atomic E-state index is 13.3. The molecule has 0 aliphatic heterocycles. The fourth-order valence-corrected chi connectivity index (χ4v) is 3.04. The number of hydrogen-bond donors (Lipinski definition) is 1. The van der Waals surface area contributed by atoms with E-state index in [1.165, 1.54) is 18.1 Å². The molecule has 3 heteroatoms. The molecule has 104 valence electrons. The minimum absolute atomic E-state index is 0.213. The highest BCUT2D eigenvalue weighted by Gasteiger charge is 2.38. The standard InChI is InChI=1S/C17H17BrFN/c1-11(13-7-8-16(19)15(18)9-13)20-17-10-14(17)12-5-3-2-4-6-12/h2-9,11,14,17,20H,10H2,1H3. The second-order valence-corrected chi connectivity index (χ2v) is 6.28. The van der Waals surface area contributed by atoms with Crippen LogP contribution < -0.4 is 5.32 Å². The highest BCUT2D eigenvalue weighted by molar-refractivity contribution is 9.10. The van der Waals surface area contributed by atoms with Crippen LogP contribution in [0.1, 0.15) is 36.4 Å². The molecule has 2 aromatic carbocycles. The molecule has 3 rings (SSSR count). The summed E-state index contributed by atoms with van der Waals surface area (Å²) in [7, 11) is 0. The average molecular weight is 334 g/mol. The second kappa shape index (κ2) is 5.66. The molecule has 1 aliphatic rings. The van der Waals surface area contributed by atoms with Gasteiger partial charge in [-0.1, -0.05) is 36.4 Å². The first kappa shape index (κ1) is 13.8. The second-order valence-electron chi connectivity index (χ2n) is 5.42. The summed E-state index contributed by atoms with van der Waals surface area (Å²) in [5.74, 6) is 0.400. The fraction of sp³-hybridized carbons (Fsp3) is 0.294. The van der Waals surface area contributed by atoms with E-state index in [0.29, 0.717) is 16.4 Å². The van der Waals surface area contributed by atoms with Gasteiger partial charge in [0.05, 0.1) is 4.47 Å². The van der Waals surface area contributed by atoms with Gasteiger partial charge in [0.25, 0.3) is 0 Å². The molecular weight excluding hydrogens is 317 g/mol. The van der Waals surface area contributed by atoms with Crippen molar-refractivity contribution >= 4 is 15.9 Å². The Balaban J connectivity index is 1.63. The normalized spacial score (nSPS) is 22.6. The molecule has 1 aliphatic carbocycles. The van der Waals surface area contributed by atoms with Crippen molar-refractivity contribution in [1.29, 1.82) is 0 Å². The summed E-state index contributed by atoms with van der Waals surface area (Å²) in [4.78, 5) is 0. The number of benzene rings is 2. The van der Waals surface area contributed by atoms with Crippen LogP contribution in [0, 0.1) is 5.82 Å². The third-order valence-electron chi connectivity index (χ3n) is 3.93. The number of halogens is 2. The Bertz CT molecular complexity index is 599. The third-order valence-corrected chi connectivity index (χ3v) is 4.53. The zero-order valence-corrected chi connectivity index (χ0v) is 12.9. The lowest BCUT2D eigenvalue weighted by Gasteiger charge is -2.15. The first-order valence-electron chi connectivity index (χ1n) is 6.91. The lowest BCUT2D eigenvalue weighted by atomic mass is 10.1. The van der Waals surface area contributed by atoms with Gasteiger partial charge in [-0.05, 0) is 52.5 Å². The summed E-state index contributed by atoms with van der Waals surface area (Å²) in [6.45, 7) is 2.13.